The van der Waals surface area contributed by atoms with Gasteiger partial charge in [-0.2, -0.15) is 0 Å². The van der Waals surface area contributed by atoms with Crippen molar-refractivity contribution in [1.82, 2.24) is 0 Å². The molecule has 0 aliphatic carbocycles. The first-order valence-electron chi connectivity index (χ1n) is 9.12. The number of carboxylic acid groups (broad SMARTS) is 1. The fourth-order valence-electron chi connectivity index (χ4n) is 2.88. The fraction of sp³-hybridized carbons (Fsp3) is 0.125. The molecule has 148 valence electrons. The average Bonchev–Trinajstić information content (AvgIpc) is 2.72. The molecule has 0 saturated heterocycles. The molecule has 5 heteroatoms. The van der Waals surface area contributed by atoms with E-state index < -0.39 is 5.97 Å². The number of carboxylic acids is 1. The van der Waals surface area contributed by atoms with Crippen LogP contribution in [0, 0.1) is 6.92 Å². The van der Waals surface area contributed by atoms with Gasteiger partial charge in [-0.25, -0.2) is 4.79 Å². The van der Waals surface area contributed by atoms with Crippen molar-refractivity contribution < 1.29 is 14.6 Å². The number of aliphatic carboxylic acids is 1. The molecular formula is C24H21ClO3S. The molecule has 3 aromatic rings. The van der Waals surface area contributed by atoms with E-state index >= 15 is 0 Å². The number of hydrogen-bond donors (Lipinski definition) is 1. The molecule has 0 aliphatic rings. The van der Waals surface area contributed by atoms with Crippen LogP contribution < -0.4 is 4.74 Å². The van der Waals surface area contributed by atoms with Gasteiger partial charge in [0, 0.05) is 15.7 Å². The van der Waals surface area contributed by atoms with Crippen LogP contribution in [0.1, 0.15) is 16.7 Å². The minimum Gasteiger partial charge on any atom is -0.482 e. The monoisotopic (exact) mass is 424 g/mol. The molecule has 0 bridgehead atoms. The summed E-state index contributed by atoms with van der Waals surface area (Å²) >= 11 is 7.76. The molecular weight excluding hydrogens is 404 g/mol. The first-order valence-corrected chi connectivity index (χ1v) is 10.5. The second kappa shape index (κ2) is 10.2. The van der Waals surface area contributed by atoms with Crippen molar-refractivity contribution in [2.24, 2.45) is 0 Å². The lowest BCUT2D eigenvalue weighted by atomic mass is 9.98. The van der Waals surface area contributed by atoms with E-state index in [1.54, 1.807) is 11.8 Å². The number of halogens is 1. The van der Waals surface area contributed by atoms with Gasteiger partial charge in [0.2, 0.25) is 0 Å². The van der Waals surface area contributed by atoms with Gasteiger partial charge in [-0.05, 0) is 59.5 Å². The van der Waals surface area contributed by atoms with Gasteiger partial charge < -0.3 is 9.84 Å². The van der Waals surface area contributed by atoms with E-state index in [-0.39, 0.29) is 6.61 Å². The van der Waals surface area contributed by atoms with Crippen molar-refractivity contribution in [3.8, 4) is 5.75 Å². The highest BCUT2D eigenvalue weighted by Crippen LogP contribution is 2.29. The normalized spacial score (nSPS) is 11.3. The molecule has 29 heavy (non-hydrogen) atoms. The van der Waals surface area contributed by atoms with Gasteiger partial charge in [-0.1, -0.05) is 60.1 Å². The number of benzene rings is 3. The minimum atomic E-state index is -0.983. The lowest BCUT2D eigenvalue weighted by Crippen LogP contribution is -2.09. The standard InChI is InChI=1S/C24H21ClO3S/c1-17-15-21(11-12-23(17)28-16-24(26)27)29-14-13-22(18-5-3-2-4-6-18)19-7-9-20(25)10-8-19/h2-13,15H,14,16H2,1H3,(H,26,27). The molecule has 0 unspecified atom stereocenters. The topological polar surface area (TPSA) is 46.5 Å². The number of hydrogen-bond acceptors (Lipinski definition) is 3. The molecule has 0 aliphatic heterocycles. The summed E-state index contributed by atoms with van der Waals surface area (Å²) < 4.78 is 5.29. The number of aryl methyl sites for hydroxylation is 1. The highest BCUT2D eigenvalue weighted by Gasteiger charge is 2.07. The Labute approximate surface area is 180 Å². The van der Waals surface area contributed by atoms with Crippen LogP contribution in [-0.4, -0.2) is 23.4 Å². The summed E-state index contributed by atoms with van der Waals surface area (Å²) in [6, 6.07) is 23.9. The van der Waals surface area contributed by atoms with Crippen molar-refractivity contribution >= 4 is 34.9 Å². The van der Waals surface area contributed by atoms with Gasteiger partial charge in [0.05, 0.1) is 0 Å². The molecule has 0 aromatic heterocycles. The maximum Gasteiger partial charge on any atom is 0.341 e. The summed E-state index contributed by atoms with van der Waals surface area (Å²) in [6.45, 7) is 1.58. The Hall–Kier alpha value is -2.69. The molecule has 0 fully saturated rings. The van der Waals surface area contributed by atoms with E-state index in [4.69, 9.17) is 21.4 Å². The lowest BCUT2D eigenvalue weighted by molar-refractivity contribution is -0.139. The van der Waals surface area contributed by atoms with Gasteiger partial charge in [-0.15, -0.1) is 11.8 Å². The first-order chi connectivity index (χ1) is 14.0. The van der Waals surface area contributed by atoms with Crippen LogP contribution in [0.3, 0.4) is 0 Å². The molecule has 0 radical (unpaired) electrons. The third-order valence-electron chi connectivity index (χ3n) is 4.28. The highest BCUT2D eigenvalue weighted by atomic mass is 35.5. The molecule has 0 spiro atoms. The van der Waals surface area contributed by atoms with Gasteiger partial charge >= 0.3 is 5.97 Å². The van der Waals surface area contributed by atoms with E-state index in [1.165, 1.54) is 0 Å². The van der Waals surface area contributed by atoms with Crippen LogP contribution in [0.5, 0.6) is 5.75 Å². The van der Waals surface area contributed by atoms with Crippen LogP contribution in [0.4, 0.5) is 0 Å². The molecule has 1 N–H and O–H groups in total. The zero-order valence-electron chi connectivity index (χ0n) is 16.0. The maximum atomic E-state index is 10.7. The van der Waals surface area contributed by atoms with Gasteiger partial charge in [0.1, 0.15) is 5.75 Å². The molecule has 3 nitrogen and oxygen atoms in total. The van der Waals surface area contributed by atoms with Crippen LogP contribution in [-0.2, 0) is 4.79 Å². The largest absolute Gasteiger partial charge is 0.482 e. The fourth-order valence-corrected chi connectivity index (χ4v) is 3.88. The van der Waals surface area contributed by atoms with Crippen LogP contribution in [0.2, 0.25) is 5.02 Å². The average molecular weight is 425 g/mol. The minimum absolute atomic E-state index is 0.336. The summed E-state index contributed by atoms with van der Waals surface area (Å²) in [5.41, 5.74) is 4.35. The molecule has 3 aromatic carbocycles. The Kier molecular flexibility index (Phi) is 7.39. The van der Waals surface area contributed by atoms with E-state index in [0.717, 1.165) is 37.9 Å². The summed E-state index contributed by atoms with van der Waals surface area (Å²) in [4.78, 5) is 11.8. The van der Waals surface area contributed by atoms with E-state index in [0.29, 0.717) is 5.75 Å². The van der Waals surface area contributed by atoms with E-state index in [2.05, 4.69) is 18.2 Å². The Morgan fingerprint density at radius 2 is 1.72 bits per heavy atom. The Morgan fingerprint density at radius 1 is 1.03 bits per heavy atom. The lowest BCUT2D eigenvalue weighted by Gasteiger charge is -2.10. The summed E-state index contributed by atoms with van der Waals surface area (Å²) in [7, 11) is 0. The SMILES string of the molecule is Cc1cc(SCC=C(c2ccccc2)c2ccc(Cl)cc2)ccc1OCC(=O)O. The summed E-state index contributed by atoms with van der Waals surface area (Å²) in [6.07, 6.45) is 2.22. The van der Waals surface area contributed by atoms with Crippen LogP contribution >= 0.6 is 23.4 Å². The Balaban J connectivity index is 1.75. The highest BCUT2D eigenvalue weighted by molar-refractivity contribution is 7.99. The molecule has 0 saturated carbocycles. The number of ether oxygens (including phenoxy) is 1. The second-order valence-corrected chi connectivity index (χ2v) is 7.94. The van der Waals surface area contributed by atoms with Crippen molar-refractivity contribution in [1.29, 1.82) is 0 Å². The molecule has 0 atom stereocenters. The van der Waals surface area contributed by atoms with Crippen molar-refractivity contribution in [2.75, 3.05) is 12.4 Å². The third kappa shape index (κ3) is 6.14. The van der Waals surface area contributed by atoms with Crippen LogP contribution in [0.25, 0.3) is 5.57 Å². The van der Waals surface area contributed by atoms with Gasteiger partial charge in [0.25, 0.3) is 0 Å². The number of thioether (sulfide) groups is 1. The van der Waals surface area contributed by atoms with Crippen LogP contribution in [0.15, 0.2) is 83.8 Å². The van der Waals surface area contributed by atoms with Gasteiger partial charge in [0.15, 0.2) is 6.61 Å². The van der Waals surface area contributed by atoms with Crippen molar-refractivity contribution in [3.63, 3.8) is 0 Å². The number of rotatable bonds is 8. The number of carbonyl (C=O) groups is 1. The quantitative estimate of drug-likeness (QED) is 0.429. The van der Waals surface area contributed by atoms with E-state index in [9.17, 15) is 4.79 Å². The summed E-state index contributed by atoms with van der Waals surface area (Å²) in [5.74, 6) is 0.406. The predicted octanol–water partition coefficient (Wildman–Crippen LogP) is 6.34. The predicted molar refractivity (Wildman–Crippen MR) is 120 cm³/mol. The summed E-state index contributed by atoms with van der Waals surface area (Å²) in [5, 5.41) is 9.47. The third-order valence-corrected chi connectivity index (χ3v) is 5.45. The molecule has 3 rings (SSSR count). The Morgan fingerprint density at radius 3 is 2.38 bits per heavy atom. The molecule has 0 amide bonds. The Bertz CT molecular complexity index is 998. The van der Waals surface area contributed by atoms with Gasteiger partial charge in [-0.3, -0.25) is 0 Å². The molecule has 0 heterocycles. The first kappa shape index (κ1) is 21.0. The van der Waals surface area contributed by atoms with Crippen molar-refractivity contribution in [2.45, 2.75) is 11.8 Å². The van der Waals surface area contributed by atoms with Crippen molar-refractivity contribution in [3.05, 3.63) is 101 Å². The smallest absolute Gasteiger partial charge is 0.341 e. The second-order valence-electron chi connectivity index (χ2n) is 6.41. The van der Waals surface area contributed by atoms with E-state index in [1.807, 2.05) is 67.6 Å². The zero-order chi connectivity index (χ0) is 20.6. The zero-order valence-corrected chi connectivity index (χ0v) is 17.5. The maximum absolute atomic E-state index is 10.7.